The Balaban J connectivity index is 2.35. The Morgan fingerprint density at radius 1 is 1.10 bits per heavy atom. The predicted molar refractivity (Wildman–Crippen MR) is 78.9 cm³/mol. The van der Waals surface area contributed by atoms with Crippen LogP contribution in [0.4, 0.5) is 10.1 Å². The first-order chi connectivity index (χ1) is 9.60. The zero-order valence-corrected chi connectivity index (χ0v) is 13.3. The molecule has 0 saturated heterocycles. The Morgan fingerprint density at radius 3 is 2.29 bits per heavy atom. The van der Waals surface area contributed by atoms with Crippen LogP contribution in [0, 0.1) is 5.82 Å². The molecule has 0 bridgehead atoms. The highest BCUT2D eigenvalue weighted by Gasteiger charge is 2.36. The van der Waals surface area contributed by atoms with Crippen LogP contribution >= 0.6 is 0 Å². The summed E-state index contributed by atoms with van der Waals surface area (Å²) >= 11 is 0. The number of nitrogens with two attached hydrogens (primary N) is 1. The monoisotopic (exact) mass is 335 g/mol. The molecule has 1 fully saturated rings. The standard InChI is InChI=1S/C13H18FNO4S2/c1-20(16,17)11-3-2-4-12(8-11)21(18,19)13-6-9(14)5-10(15)7-13/h5-7,11-12H,2-4,8,15H2,1H3. The summed E-state index contributed by atoms with van der Waals surface area (Å²) in [6.07, 6.45) is 2.54. The minimum Gasteiger partial charge on any atom is -0.399 e. The van der Waals surface area contributed by atoms with Gasteiger partial charge in [-0.05, 0) is 37.5 Å². The average Bonchev–Trinajstić information content (AvgIpc) is 2.36. The molecule has 0 radical (unpaired) electrons. The number of sulfone groups is 2. The lowest BCUT2D eigenvalue weighted by Crippen LogP contribution is -2.34. The summed E-state index contributed by atoms with van der Waals surface area (Å²) in [5.41, 5.74) is 5.51. The molecule has 118 valence electrons. The number of hydrogen-bond donors (Lipinski definition) is 1. The van der Waals surface area contributed by atoms with E-state index in [9.17, 15) is 21.2 Å². The molecule has 0 aliphatic heterocycles. The molecule has 8 heteroatoms. The summed E-state index contributed by atoms with van der Waals surface area (Å²) in [4.78, 5) is -0.181. The van der Waals surface area contributed by atoms with Crippen LogP contribution in [0.1, 0.15) is 25.7 Å². The molecular weight excluding hydrogens is 317 g/mol. The molecule has 1 aliphatic carbocycles. The van der Waals surface area contributed by atoms with Crippen LogP contribution in [0.3, 0.4) is 0 Å². The van der Waals surface area contributed by atoms with Gasteiger partial charge in [-0.25, -0.2) is 21.2 Å². The van der Waals surface area contributed by atoms with Gasteiger partial charge in [0.05, 0.1) is 15.4 Å². The second-order valence-electron chi connectivity index (χ2n) is 5.51. The van der Waals surface area contributed by atoms with Gasteiger partial charge in [-0.3, -0.25) is 0 Å². The summed E-state index contributed by atoms with van der Waals surface area (Å²) in [7, 11) is -7.07. The molecular formula is C13H18FNO4S2. The molecule has 0 spiro atoms. The van der Waals surface area contributed by atoms with Gasteiger partial charge in [0, 0.05) is 11.9 Å². The predicted octanol–water partition coefficient (Wildman–Crippen LogP) is 1.54. The van der Waals surface area contributed by atoms with E-state index in [1.54, 1.807) is 0 Å². The quantitative estimate of drug-likeness (QED) is 0.846. The van der Waals surface area contributed by atoms with Crippen molar-refractivity contribution in [2.24, 2.45) is 0 Å². The van der Waals surface area contributed by atoms with Crippen molar-refractivity contribution in [2.75, 3.05) is 12.0 Å². The molecule has 2 atom stereocenters. The summed E-state index contributed by atoms with van der Waals surface area (Å²) in [6, 6.07) is 3.18. The van der Waals surface area contributed by atoms with E-state index in [1.807, 2.05) is 0 Å². The Kier molecular flexibility index (Phi) is 4.30. The third kappa shape index (κ3) is 3.55. The molecule has 2 rings (SSSR count). The smallest absolute Gasteiger partial charge is 0.181 e. The Hall–Kier alpha value is -1.15. The van der Waals surface area contributed by atoms with Crippen molar-refractivity contribution in [2.45, 2.75) is 41.1 Å². The first kappa shape index (κ1) is 16.2. The van der Waals surface area contributed by atoms with E-state index in [2.05, 4.69) is 0 Å². The maximum atomic E-state index is 13.4. The summed E-state index contributed by atoms with van der Waals surface area (Å²) in [6.45, 7) is 0. The maximum Gasteiger partial charge on any atom is 0.181 e. The molecule has 0 amide bonds. The molecule has 1 saturated carbocycles. The van der Waals surface area contributed by atoms with Crippen molar-refractivity contribution in [3.05, 3.63) is 24.0 Å². The SMILES string of the molecule is CS(=O)(=O)C1CCCC(S(=O)(=O)c2cc(N)cc(F)c2)C1. The largest absolute Gasteiger partial charge is 0.399 e. The minimum absolute atomic E-state index is 0.0315. The van der Waals surface area contributed by atoms with Gasteiger partial charge in [0.15, 0.2) is 9.84 Å². The Morgan fingerprint density at radius 2 is 1.71 bits per heavy atom. The van der Waals surface area contributed by atoms with E-state index < -0.39 is 36.0 Å². The summed E-state index contributed by atoms with van der Waals surface area (Å²) in [5, 5.41) is -1.47. The molecule has 21 heavy (non-hydrogen) atoms. The fraction of sp³-hybridized carbons (Fsp3) is 0.538. The first-order valence-electron chi connectivity index (χ1n) is 6.59. The lowest BCUT2D eigenvalue weighted by molar-refractivity contribution is 0.472. The van der Waals surface area contributed by atoms with Gasteiger partial charge in [-0.15, -0.1) is 0 Å². The molecule has 0 aromatic heterocycles. The minimum atomic E-state index is -3.78. The fourth-order valence-electron chi connectivity index (χ4n) is 2.71. The fourth-order valence-corrected chi connectivity index (χ4v) is 5.94. The molecule has 2 N–H and O–H groups in total. The summed E-state index contributed by atoms with van der Waals surface area (Å²) in [5.74, 6) is -0.718. The van der Waals surface area contributed by atoms with Gasteiger partial charge in [0.1, 0.15) is 15.7 Å². The van der Waals surface area contributed by atoms with Gasteiger partial charge < -0.3 is 5.73 Å². The number of nitrogen functional groups attached to an aromatic ring is 1. The van der Waals surface area contributed by atoms with Crippen molar-refractivity contribution in [1.82, 2.24) is 0 Å². The van der Waals surface area contributed by atoms with Gasteiger partial charge in [0.25, 0.3) is 0 Å². The van der Waals surface area contributed by atoms with Crippen LogP contribution in [0.25, 0.3) is 0 Å². The van der Waals surface area contributed by atoms with Crippen LogP contribution < -0.4 is 5.73 Å². The van der Waals surface area contributed by atoms with Crippen LogP contribution in [0.2, 0.25) is 0 Å². The van der Waals surface area contributed by atoms with E-state index in [-0.39, 0.29) is 17.0 Å². The number of hydrogen-bond acceptors (Lipinski definition) is 5. The third-order valence-corrected chi connectivity index (χ3v) is 7.68. The zero-order valence-electron chi connectivity index (χ0n) is 11.6. The second kappa shape index (κ2) is 5.57. The molecule has 1 aromatic rings. The molecule has 1 aliphatic rings. The topological polar surface area (TPSA) is 94.3 Å². The first-order valence-corrected chi connectivity index (χ1v) is 10.1. The van der Waals surface area contributed by atoms with Crippen molar-refractivity contribution >= 4 is 25.4 Å². The highest BCUT2D eigenvalue weighted by atomic mass is 32.2. The second-order valence-corrected chi connectivity index (χ2v) is 10.1. The van der Waals surface area contributed by atoms with E-state index in [4.69, 9.17) is 5.73 Å². The Bertz CT molecular complexity index is 723. The molecule has 0 heterocycles. The van der Waals surface area contributed by atoms with Crippen LogP contribution in [-0.4, -0.2) is 33.6 Å². The van der Waals surface area contributed by atoms with Gasteiger partial charge >= 0.3 is 0 Å². The lowest BCUT2D eigenvalue weighted by Gasteiger charge is -2.27. The van der Waals surface area contributed by atoms with E-state index in [0.29, 0.717) is 19.3 Å². The lowest BCUT2D eigenvalue weighted by atomic mass is 10.00. The van der Waals surface area contributed by atoms with Crippen LogP contribution in [-0.2, 0) is 19.7 Å². The normalized spacial score (nSPS) is 23.9. The average molecular weight is 335 g/mol. The highest BCUT2D eigenvalue weighted by Crippen LogP contribution is 2.32. The van der Waals surface area contributed by atoms with E-state index >= 15 is 0 Å². The molecule has 1 aromatic carbocycles. The molecule has 2 unspecified atom stereocenters. The number of anilines is 1. The van der Waals surface area contributed by atoms with Gasteiger partial charge in [-0.1, -0.05) is 6.42 Å². The zero-order chi connectivity index (χ0) is 15.8. The van der Waals surface area contributed by atoms with Crippen molar-refractivity contribution < 1.29 is 21.2 Å². The van der Waals surface area contributed by atoms with E-state index in [0.717, 1.165) is 18.4 Å². The van der Waals surface area contributed by atoms with Gasteiger partial charge in [-0.2, -0.15) is 0 Å². The van der Waals surface area contributed by atoms with Crippen molar-refractivity contribution in [3.63, 3.8) is 0 Å². The summed E-state index contributed by atoms with van der Waals surface area (Å²) < 4.78 is 61.7. The van der Waals surface area contributed by atoms with Gasteiger partial charge in [0.2, 0.25) is 0 Å². The van der Waals surface area contributed by atoms with E-state index in [1.165, 1.54) is 6.07 Å². The van der Waals surface area contributed by atoms with Crippen molar-refractivity contribution in [3.8, 4) is 0 Å². The highest BCUT2D eigenvalue weighted by molar-refractivity contribution is 7.92. The third-order valence-electron chi connectivity index (χ3n) is 3.84. The van der Waals surface area contributed by atoms with Crippen LogP contribution in [0.15, 0.2) is 23.1 Å². The van der Waals surface area contributed by atoms with Crippen molar-refractivity contribution in [1.29, 1.82) is 0 Å². The number of benzene rings is 1. The number of halogens is 1. The number of rotatable bonds is 3. The van der Waals surface area contributed by atoms with Crippen LogP contribution in [0.5, 0.6) is 0 Å². The maximum absolute atomic E-state index is 13.4. The molecule has 5 nitrogen and oxygen atoms in total. The Labute approximate surface area is 124 Å².